The van der Waals surface area contributed by atoms with Crippen LogP contribution in [0.25, 0.3) is 0 Å². The molecule has 1 unspecified atom stereocenters. The second kappa shape index (κ2) is 5.14. The second-order valence-electron chi connectivity index (χ2n) is 4.91. The summed E-state index contributed by atoms with van der Waals surface area (Å²) in [5.41, 5.74) is -0.0511. The van der Waals surface area contributed by atoms with E-state index in [0.29, 0.717) is 0 Å². The molecular formula is C16H12FNO4. The molecule has 1 aliphatic heterocycles. The Morgan fingerprint density at radius 2 is 2.00 bits per heavy atom. The third-order valence-electron chi connectivity index (χ3n) is 3.63. The number of amides is 1. The monoisotopic (exact) mass is 301 g/mol. The van der Waals surface area contributed by atoms with Gasteiger partial charge in [0.1, 0.15) is 5.82 Å². The first-order chi connectivity index (χ1) is 10.5. The van der Waals surface area contributed by atoms with Crippen LogP contribution in [0, 0.1) is 5.82 Å². The summed E-state index contributed by atoms with van der Waals surface area (Å²) in [6.07, 6.45) is 1.31. The molecule has 1 atom stereocenters. The highest BCUT2D eigenvalue weighted by Crippen LogP contribution is 2.38. The van der Waals surface area contributed by atoms with Crippen LogP contribution in [0.3, 0.4) is 0 Å². The van der Waals surface area contributed by atoms with Crippen LogP contribution in [0.5, 0.6) is 0 Å². The van der Waals surface area contributed by atoms with Crippen LogP contribution in [0.15, 0.2) is 58.4 Å². The van der Waals surface area contributed by atoms with Gasteiger partial charge in [-0.2, -0.15) is 0 Å². The summed E-state index contributed by atoms with van der Waals surface area (Å²) in [7, 11) is 1.40. The summed E-state index contributed by atoms with van der Waals surface area (Å²) in [6.45, 7) is 0. The average Bonchev–Trinajstić information content (AvgIpc) is 3.11. The summed E-state index contributed by atoms with van der Waals surface area (Å²) in [5, 5.41) is 10.0. The highest BCUT2D eigenvalue weighted by molar-refractivity contribution is 6.14. The predicted molar refractivity (Wildman–Crippen MR) is 74.6 cm³/mol. The molecular weight excluding hydrogens is 289 g/mol. The third kappa shape index (κ3) is 2.00. The maximum Gasteiger partial charge on any atom is 0.289 e. The lowest BCUT2D eigenvalue weighted by atomic mass is 9.95. The molecule has 1 N–H and O–H groups in total. The van der Waals surface area contributed by atoms with Crippen LogP contribution in [0.2, 0.25) is 0 Å². The van der Waals surface area contributed by atoms with E-state index in [1.54, 1.807) is 6.07 Å². The first kappa shape index (κ1) is 14.1. The first-order valence-electron chi connectivity index (χ1n) is 6.55. The fourth-order valence-electron chi connectivity index (χ4n) is 2.56. The van der Waals surface area contributed by atoms with E-state index in [0.717, 1.165) is 4.90 Å². The Kier molecular flexibility index (Phi) is 3.29. The Bertz CT molecular complexity index is 779. The van der Waals surface area contributed by atoms with Crippen molar-refractivity contribution in [1.82, 2.24) is 4.90 Å². The highest BCUT2D eigenvalue weighted by Gasteiger charge is 2.43. The number of benzene rings is 1. The number of likely N-dealkylation sites (N-methyl/N-ethyl adjacent to an activating group) is 1. The number of halogens is 1. The van der Waals surface area contributed by atoms with Gasteiger partial charge in [0.25, 0.3) is 5.91 Å². The van der Waals surface area contributed by atoms with Crippen molar-refractivity contribution in [2.45, 2.75) is 6.04 Å². The summed E-state index contributed by atoms with van der Waals surface area (Å²) in [4.78, 5) is 25.6. The molecule has 2 aromatic rings. The Balaban J connectivity index is 2.14. The molecule has 2 heterocycles. The molecule has 0 aliphatic carbocycles. The van der Waals surface area contributed by atoms with Gasteiger partial charge in [0.15, 0.2) is 11.5 Å². The number of Topliss-reactive ketones (excluding diaryl/α,β-unsaturated/α-hetero) is 1. The van der Waals surface area contributed by atoms with Crippen LogP contribution in [-0.4, -0.2) is 28.7 Å². The normalized spacial score (nSPS) is 18.2. The van der Waals surface area contributed by atoms with Gasteiger partial charge < -0.3 is 14.4 Å². The van der Waals surface area contributed by atoms with E-state index in [9.17, 15) is 19.1 Å². The summed E-state index contributed by atoms with van der Waals surface area (Å²) in [6, 6.07) is 7.75. The molecule has 1 aliphatic rings. The van der Waals surface area contributed by atoms with Crippen molar-refractivity contribution < 1.29 is 23.5 Å². The van der Waals surface area contributed by atoms with Gasteiger partial charge in [0.05, 0.1) is 17.9 Å². The molecule has 6 heteroatoms. The molecule has 0 radical (unpaired) electrons. The van der Waals surface area contributed by atoms with Gasteiger partial charge in [-0.25, -0.2) is 4.39 Å². The molecule has 112 valence electrons. The summed E-state index contributed by atoms with van der Waals surface area (Å²) >= 11 is 0. The maximum atomic E-state index is 14.1. The van der Waals surface area contributed by atoms with E-state index in [2.05, 4.69) is 0 Å². The van der Waals surface area contributed by atoms with Crippen LogP contribution in [-0.2, 0) is 4.79 Å². The molecule has 0 bridgehead atoms. The topological polar surface area (TPSA) is 70.8 Å². The zero-order valence-electron chi connectivity index (χ0n) is 11.6. The lowest BCUT2D eigenvalue weighted by Crippen LogP contribution is -2.27. The van der Waals surface area contributed by atoms with Crippen molar-refractivity contribution in [2.75, 3.05) is 7.05 Å². The van der Waals surface area contributed by atoms with E-state index < -0.39 is 29.3 Å². The van der Waals surface area contributed by atoms with Crippen LogP contribution in [0.1, 0.15) is 22.2 Å². The van der Waals surface area contributed by atoms with E-state index in [4.69, 9.17) is 4.42 Å². The molecule has 1 aromatic carbocycles. The van der Waals surface area contributed by atoms with Gasteiger partial charge in [0.2, 0.25) is 5.78 Å². The number of aliphatic hydroxyl groups is 1. The average molecular weight is 301 g/mol. The summed E-state index contributed by atoms with van der Waals surface area (Å²) < 4.78 is 19.1. The largest absolute Gasteiger partial charge is 0.503 e. The quantitative estimate of drug-likeness (QED) is 0.885. The lowest BCUT2D eigenvalue weighted by Gasteiger charge is -2.22. The summed E-state index contributed by atoms with van der Waals surface area (Å²) in [5.74, 6) is -2.65. The predicted octanol–water partition coefficient (Wildman–Crippen LogP) is 2.63. The number of ketones is 1. The van der Waals surface area contributed by atoms with Crippen molar-refractivity contribution in [3.05, 3.63) is 71.1 Å². The van der Waals surface area contributed by atoms with Gasteiger partial charge in [-0.15, -0.1) is 0 Å². The Morgan fingerprint density at radius 1 is 1.27 bits per heavy atom. The molecule has 3 rings (SSSR count). The third-order valence-corrected chi connectivity index (χ3v) is 3.63. The molecule has 5 nitrogen and oxygen atoms in total. The lowest BCUT2D eigenvalue weighted by molar-refractivity contribution is -0.128. The van der Waals surface area contributed by atoms with Gasteiger partial charge in [-0.3, -0.25) is 9.59 Å². The number of rotatable bonds is 3. The number of hydrogen-bond donors (Lipinski definition) is 1. The van der Waals surface area contributed by atoms with E-state index in [-0.39, 0.29) is 16.9 Å². The van der Waals surface area contributed by atoms with Crippen LogP contribution < -0.4 is 0 Å². The highest BCUT2D eigenvalue weighted by atomic mass is 19.1. The van der Waals surface area contributed by atoms with Gasteiger partial charge in [0, 0.05) is 12.6 Å². The van der Waals surface area contributed by atoms with Crippen LogP contribution >= 0.6 is 0 Å². The minimum Gasteiger partial charge on any atom is -0.503 e. The minimum atomic E-state index is -0.994. The molecule has 0 spiro atoms. The van der Waals surface area contributed by atoms with Gasteiger partial charge >= 0.3 is 0 Å². The fourth-order valence-corrected chi connectivity index (χ4v) is 2.56. The van der Waals surface area contributed by atoms with Crippen LogP contribution in [0.4, 0.5) is 4.39 Å². The standard InChI is InChI=1S/C16H12FNO4/c1-18-13(9-5-2-3-6-10(9)17)12(15(20)16(18)21)14(19)11-7-4-8-22-11/h2-8,13,20H,1H3. The van der Waals surface area contributed by atoms with Gasteiger partial charge in [-0.05, 0) is 18.2 Å². The molecule has 0 fully saturated rings. The number of carbonyl (C=O) groups excluding carboxylic acids is 2. The zero-order valence-corrected chi connectivity index (χ0v) is 11.6. The van der Waals surface area contributed by atoms with Crippen molar-refractivity contribution >= 4 is 11.7 Å². The van der Waals surface area contributed by atoms with E-state index in [1.165, 1.54) is 43.6 Å². The number of aliphatic hydroxyl groups excluding tert-OH is 1. The fraction of sp³-hybridized carbons (Fsp3) is 0.125. The first-order valence-corrected chi connectivity index (χ1v) is 6.55. The Hall–Kier alpha value is -2.89. The van der Waals surface area contributed by atoms with Crippen molar-refractivity contribution in [1.29, 1.82) is 0 Å². The van der Waals surface area contributed by atoms with Crippen molar-refractivity contribution in [2.24, 2.45) is 0 Å². The van der Waals surface area contributed by atoms with E-state index in [1.807, 2.05) is 0 Å². The Morgan fingerprint density at radius 3 is 2.64 bits per heavy atom. The second-order valence-corrected chi connectivity index (χ2v) is 4.91. The molecule has 0 saturated heterocycles. The number of hydrogen-bond acceptors (Lipinski definition) is 4. The van der Waals surface area contributed by atoms with E-state index >= 15 is 0 Å². The smallest absolute Gasteiger partial charge is 0.289 e. The maximum absolute atomic E-state index is 14.1. The van der Waals surface area contributed by atoms with Gasteiger partial charge in [-0.1, -0.05) is 18.2 Å². The minimum absolute atomic E-state index is 0.0222. The zero-order chi connectivity index (χ0) is 15.9. The number of furan rings is 1. The SMILES string of the molecule is CN1C(=O)C(O)=C(C(=O)c2ccco2)C1c1ccccc1F. The molecule has 22 heavy (non-hydrogen) atoms. The molecule has 0 saturated carbocycles. The van der Waals surface area contributed by atoms with Crippen molar-refractivity contribution in [3.63, 3.8) is 0 Å². The molecule has 1 amide bonds. The number of carbonyl (C=O) groups is 2. The molecule has 1 aromatic heterocycles. The Labute approximate surface area is 125 Å². The number of nitrogens with zero attached hydrogens (tertiary/aromatic N) is 1. The van der Waals surface area contributed by atoms with Crippen molar-refractivity contribution in [3.8, 4) is 0 Å².